The van der Waals surface area contributed by atoms with Gasteiger partial charge in [-0.1, -0.05) is 0 Å². The average molecular weight is 439 g/mol. The zero-order valence-corrected chi connectivity index (χ0v) is 18.4. The minimum Gasteiger partial charge on any atom is -0.496 e. The summed E-state index contributed by atoms with van der Waals surface area (Å²) in [6.45, 7) is 6.05. The third kappa shape index (κ3) is 4.28. The van der Waals surface area contributed by atoms with Crippen molar-refractivity contribution in [2.45, 2.75) is 13.0 Å². The molecule has 0 spiro atoms. The zero-order chi connectivity index (χ0) is 22.7. The number of rotatable bonds is 7. The number of ketones is 2. The Labute approximate surface area is 187 Å². The fourth-order valence-corrected chi connectivity index (χ4v) is 4.56. The molecule has 4 rings (SSSR count). The lowest BCUT2D eigenvalue weighted by Gasteiger charge is -2.30. The molecular formula is C24H28N3O5+. The highest BCUT2D eigenvalue weighted by Crippen LogP contribution is 2.38. The van der Waals surface area contributed by atoms with E-state index in [-0.39, 0.29) is 5.78 Å². The molecule has 2 aromatic rings. The molecule has 2 unspecified atom stereocenters. The molecule has 0 bridgehead atoms. The van der Waals surface area contributed by atoms with Gasteiger partial charge in [-0.2, -0.15) is 0 Å². The minimum absolute atomic E-state index is 0.350. The third-order valence-corrected chi connectivity index (χ3v) is 6.32. The first-order chi connectivity index (χ1) is 15.5. The number of hydrogen-bond donors (Lipinski definition) is 1. The van der Waals surface area contributed by atoms with Gasteiger partial charge in [0.15, 0.2) is 5.78 Å². The molecule has 0 aliphatic carbocycles. The third-order valence-electron chi connectivity index (χ3n) is 6.32. The van der Waals surface area contributed by atoms with Gasteiger partial charge in [0.1, 0.15) is 24.8 Å². The van der Waals surface area contributed by atoms with E-state index in [9.17, 15) is 14.4 Å². The van der Waals surface area contributed by atoms with Crippen LogP contribution in [-0.2, 0) is 14.3 Å². The van der Waals surface area contributed by atoms with Gasteiger partial charge in [-0.3, -0.25) is 19.4 Å². The first kappa shape index (κ1) is 22.1. The fourth-order valence-electron chi connectivity index (χ4n) is 4.56. The van der Waals surface area contributed by atoms with Crippen LogP contribution in [0.3, 0.4) is 0 Å². The summed E-state index contributed by atoms with van der Waals surface area (Å²) >= 11 is 0. The Morgan fingerprint density at radius 1 is 1.19 bits per heavy atom. The monoisotopic (exact) mass is 438 g/mol. The lowest BCUT2D eigenvalue weighted by Crippen LogP contribution is -3.14. The number of carbonyl (C=O) groups is 3. The summed E-state index contributed by atoms with van der Waals surface area (Å²) in [5, 5.41) is 0. The number of hydrogen-bond acceptors (Lipinski definition) is 6. The Morgan fingerprint density at radius 2 is 1.91 bits per heavy atom. The van der Waals surface area contributed by atoms with Crippen molar-refractivity contribution in [3.8, 4) is 5.75 Å². The second-order valence-corrected chi connectivity index (χ2v) is 8.23. The number of carbonyl (C=O) groups excluding carboxylic acids is 3. The number of Topliss-reactive ketones (excluding diaryl/α,β-unsaturated/α-hetero) is 2. The molecule has 2 fully saturated rings. The molecule has 2 aliphatic heterocycles. The van der Waals surface area contributed by atoms with Crippen LogP contribution in [0.15, 0.2) is 42.7 Å². The number of aromatic nitrogens is 1. The molecular weight excluding hydrogens is 410 g/mol. The standard InChI is InChI=1S/C24H27N3O5/c1-16-15-18(3-4-19(16)31-2)22(28)20-21(17-5-7-25-8-6-17)27(24(30)23(20)29)10-9-26-11-13-32-14-12-26/h3-8,15,20-21H,9-14H2,1-2H3/p+1. The van der Waals surface area contributed by atoms with Crippen LogP contribution < -0.4 is 9.64 Å². The molecule has 1 amide bonds. The number of morpholine rings is 1. The number of methoxy groups -OCH3 is 1. The van der Waals surface area contributed by atoms with Crippen LogP contribution in [0.25, 0.3) is 0 Å². The van der Waals surface area contributed by atoms with E-state index in [1.807, 2.05) is 6.92 Å². The summed E-state index contributed by atoms with van der Waals surface area (Å²) in [6.07, 6.45) is 3.24. The van der Waals surface area contributed by atoms with Gasteiger partial charge < -0.3 is 19.3 Å². The number of aryl methyl sites for hydroxylation is 1. The Hall–Kier alpha value is -3.10. The number of nitrogens with zero attached hydrogens (tertiary/aromatic N) is 2. The molecule has 8 nitrogen and oxygen atoms in total. The predicted octanol–water partition coefficient (Wildman–Crippen LogP) is 0.265. The maximum absolute atomic E-state index is 13.5. The van der Waals surface area contributed by atoms with Crippen LogP contribution in [0.1, 0.15) is 27.5 Å². The van der Waals surface area contributed by atoms with Crippen LogP contribution in [0, 0.1) is 12.8 Å². The molecule has 1 aromatic heterocycles. The van der Waals surface area contributed by atoms with Crippen molar-refractivity contribution in [2.75, 3.05) is 46.5 Å². The summed E-state index contributed by atoms with van der Waals surface area (Å²) in [7, 11) is 1.57. The zero-order valence-electron chi connectivity index (χ0n) is 18.4. The van der Waals surface area contributed by atoms with Gasteiger partial charge in [-0.05, 0) is 48.4 Å². The molecule has 32 heavy (non-hydrogen) atoms. The number of amides is 1. The van der Waals surface area contributed by atoms with E-state index >= 15 is 0 Å². The lowest BCUT2D eigenvalue weighted by atomic mass is 9.86. The Morgan fingerprint density at radius 3 is 2.56 bits per heavy atom. The predicted molar refractivity (Wildman–Crippen MR) is 116 cm³/mol. The number of quaternary nitrogens is 1. The van der Waals surface area contributed by atoms with Crippen molar-refractivity contribution in [2.24, 2.45) is 5.92 Å². The summed E-state index contributed by atoms with van der Waals surface area (Å²) in [5.41, 5.74) is 1.93. The molecule has 1 N–H and O–H groups in total. The summed E-state index contributed by atoms with van der Waals surface area (Å²) in [4.78, 5) is 46.6. The van der Waals surface area contributed by atoms with Crippen molar-refractivity contribution >= 4 is 17.5 Å². The van der Waals surface area contributed by atoms with Crippen LogP contribution in [0.5, 0.6) is 5.75 Å². The van der Waals surface area contributed by atoms with Crippen molar-refractivity contribution in [1.29, 1.82) is 0 Å². The first-order valence-corrected chi connectivity index (χ1v) is 10.9. The first-order valence-electron chi connectivity index (χ1n) is 10.9. The number of nitrogens with one attached hydrogen (secondary N) is 1. The van der Waals surface area contributed by atoms with E-state index in [0.29, 0.717) is 37.6 Å². The molecule has 8 heteroatoms. The topological polar surface area (TPSA) is 90.2 Å². The van der Waals surface area contributed by atoms with E-state index in [1.54, 1.807) is 54.7 Å². The van der Waals surface area contributed by atoms with E-state index in [4.69, 9.17) is 9.47 Å². The molecule has 1 aromatic carbocycles. The van der Waals surface area contributed by atoms with Crippen LogP contribution in [0.2, 0.25) is 0 Å². The van der Waals surface area contributed by atoms with E-state index in [1.165, 1.54) is 4.90 Å². The number of benzene rings is 1. The smallest absolute Gasteiger partial charge is 0.291 e. The van der Waals surface area contributed by atoms with E-state index < -0.39 is 23.7 Å². The number of ether oxygens (including phenoxy) is 2. The highest BCUT2D eigenvalue weighted by atomic mass is 16.5. The van der Waals surface area contributed by atoms with Crippen LogP contribution in [0.4, 0.5) is 0 Å². The van der Waals surface area contributed by atoms with Crippen molar-refractivity contribution in [3.05, 3.63) is 59.4 Å². The quantitative estimate of drug-likeness (QED) is 0.379. The van der Waals surface area contributed by atoms with Gasteiger partial charge in [0.05, 0.1) is 39.5 Å². The molecule has 2 saturated heterocycles. The minimum atomic E-state index is -1.09. The summed E-state index contributed by atoms with van der Waals surface area (Å²) < 4.78 is 10.7. The normalized spacial score (nSPS) is 21.8. The molecule has 2 atom stereocenters. The van der Waals surface area contributed by atoms with Gasteiger partial charge in [-0.15, -0.1) is 0 Å². The highest BCUT2D eigenvalue weighted by Gasteiger charge is 2.51. The Bertz CT molecular complexity index is 1000. The summed E-state index contributed by atoms with van der Waals surface area (Å²) in [5.74, 6) is -2.02. The summed E-state index contributed by atoms with van der Waals surface area (Å²) in [6, 6.07) is 7.97. The van der Waals surface area contributed by atoms with Crippen molar-refractivity contribution in [3.63, 3.8) is 0 Å². The highest BCUT2D eigenvalue weighted by molar-refractivity contribution is 6.44. The maximum atomic E-state index is 13.5. The van der Waals surface area contributed by atoms with Crippen molar-refractivity contribution < 1.29 is 28.8 Å². The number of pyridine rings is 1. The average Bonchev–Trinajstić information content (AvgIpc) is 3.08. The molecule has 0 radical (unpaired) electrons. The van der Waals surface area contributed by atoms with Gasteiger partial charge in [-0.25, -0.2) is 0 Å². The largest absolute Gasteiger partial charge is 0.496 e. The molecule has 2 aliphatic rings. The Kier molecular flexibility index (Phi) is 6.62. The van der Waals surface area contributed by atoms with Gasteiger partial charge in [0.25, 0.3) is 5.91 Å². The second-order valence-electron chi connectivity index (χ2n) is 8.23. The number of likely N-dealkylation sites (tertiary alicyclic amines) is 1. The van der Waals surface area contributed by atoms with E-state index in [2.05, 4.69) is 4.98 Å². The van der Waals surface area contributed by atoms with Crippen LogP contribution in [-0.4, -0.2) is 73.9 Å². The fraction of sp³-hybridized carbons (Fsp3) is 0.417. The molecule has 3 heterocycles. The van der Waals surface area contributed by atoms with Gasteiger partial charge in [0.2, 0.25) is 5.78 Å². The second kappa shape index (κ2) is 9.58. The van der Waals surface area contributed by atoms with Gasteiger partial charge in [0, 0.05) is 18.0 Å². The Balaban J connectivity index is 1.65. The SMILES string of the molecule is COc1ccc(C(=O)C2C(=O)C(=O)N(CC[NH+]3CCOCC3)C2c2ccncc2)cc1C. The lowest BCUT2D eigenvalue weighted by molar-refractivity contribution is -0.907. The van der Waals surface area contributed by atoms with E-state index in [0.717, 1.165) is 24.2 Å². The van der Waals surface area contributed by atoms with Crippen LogP contribution >= 0.6 is 0 Å². The van der Waals surface area contributed by atoms with Crippen molar-refractivity contribution in [1.82, 2.24) is 9.88 Å². The molecule has 0 saturated carbocycles. The van der Waals surface area contributed by atoms with Gasteiger partial charge >= 0.3 is 0 Å². The maximum Gasteiger partial charge on any atom is 0.291 e. The molecule has 168 valence electrons.